The largest absolute Gasteiger partial charge is 0.441 e. The highest BCUT2D eigenvalue weighted by Gasteiger charge is 2.47. The lowest BCUT2D eigenvalue weighted by Crippen LogP contribution is -2.48. The SMILES string of the molecule is O=C1OC2(CCN(C(=O)c3ccccc3Cl)CC2)CN1Cc1ccccc1-c1ccccc1. The number of carbonyl (C=O) groups excluding carboxylic acids is 2. The van der Waals surface area contributed by atoms with Crippen LogP contribution in [0.1, 0.15) is 28.8 Å². The number of likely N-dealkylation sites (tertiary alicyclic amines) is 1. The molecule has 0 saturated carbocycles. The van der Waals surface area contributed by atoms with Crippen LogP contribution in [0.4, 0.5) is 4.79 Å². The summed E-state index contributed by atoms with van der Waals surface area (Å²) in [4.78, 5) is 29.3. The molecule has 2 saturated heterocycles. The zero-order chi connectivity index (χ0) is 22.8. The van der Waals surface area contributed by atoms with Gasteiger partial charge in [0.25, 0.3) is 5.91 Å². The molecule has 3 aromatic carbocycles. The van der Waals surface area contributed by atoms with Gasteiger partial charge in [0.15, 0.2) is 0 Å². The van der Waals surface area contributed by atoms with Gasteiger partial charge in [-0.2, -0.15) is 0 Å². The van der Waals surface area contributed by atoms with Crippen molar-refractivity contribution in [3.63, 3.8) is 0 Å². The molecule has 0 aromatic heterocycles. The lowest BCUT2D eigenvalue weighted by molar-refractivity contribution is 0.00313. The molecule has 0 unspecified atom stereocenters. The molecule has 1 spiro atoms. The Bertz CT molecular complexity index is 1170. The smallest absolute Gasteiger partial charge is 0.410 e. The van der Waals surface area contributed by atoms with Gasteiger partial charge in [-0.1, -0.05) is 78.3 Å². The van der Waals surface area contributed by atoms with E-state index in [1.165, 1.54) is 0 Å². The van der Waals surface area contributed by atoms with Crippen LogP contribution in [0, 0.1) is 0 Å². The minimum absolute atomic E-state index is 0.0755. The van der Waals surface area contributed by atoms with Crippen molar-refractivity contribution < 1.29 is 14.3 Å². The summed E-state index contributed by atoms with van der Waals surface area (Å²) in [6.45, 7) is 2.09. The van der Waals surface area contributed by atoms with Crippen LogP contribution in [0.3, 0.4) is 0 Å². The van der Waals surface area contributed by atoms with Crippen molar-refractivity contribution in [1.82, 2.24) is 9.80 Å². The Morgan fingerprint density at radius 1 is 0.909 bits per heavy atom. The van der Waals surface area contributed by atoms with Gasteiger partial charge in [-0.3, -0.25) is 9.69 Å². The van der Waals surface area contributed by atoms with E-state index in [-0.39, 0.29) is 12.0 Å². The molecule has 2 aliphatic heterocycles. The van der Waals surface area contributed by atoms with Crippen molar-refractivity contribution in [3.05, 3.63) is 95.0 Å². The van der Waals surface area contributed by atoms with E-state index in [4.69, 9.17) is 16.3 Å². The van der Waals surface area contributed by atoms with Crippen molar-refractivity contribution in [2.75, 3.05) is 19.6 Å². The third-order valence-electron chi connectivity index (χ3n) is 6.57. The molecule has 33 heavy (non-hydrogen) atoms. The van der Waals surface area contributed by atoms with Crippen LogP contribution < -0.4 is 0 Å². The van der Waals surface area contributed by atoms with Gasteiger partial charge in [0.05, 0.1) is 17.1 Å². The molecular weight excluding hydrogens is 436 g/mol. The number of hydrogen-bond donors (Lipinski definition) is 0. The number of piperidine rings is 1. The van der Waals surface area contributed by atoms with Crippen molar-refractivity contribution in [3.8, 4) is 11.1 Å². The Hall–Kier alpha value is -3.31. The van der Waals surface area contributed by atoms with Crippen LogP contribution in [0.5, 0.6) is 0 Å². The Kier molecular flexibility index (Phi) is 5.81. The zero-order valence-corrected chi connectivity index (χ0v) is 19.0. The lowest BCUT2D eigenvalue weighted by atomic mass is 9.90. The minimum Gasteiger partial charge on any atom is -0.441 e. The molecule has 6 heteroatoms. The van der Waals surface area contributed by atoms with Crippen LogP contribution >= 0.6 is 11.6 Å². The van der Waals surface area contributed by atoms with E-state index in [1.807, 2.05) is 42.5 Å². The maximum Gasteiger partial charge on any atom is 0.410 e. The predicted molar refractivity (Wildman–Crippen MR) is 128 cm³/mol. The van der Waals surface area contributed by atoms with Crippen LogP contribution in [-0.4, -0.2) is 47.0 Å². The first-order chi connectivity index (χ1) is 16.0. The van der Waals surface area contributed by atoms with Crippen molar-refractivity contribution in [1.29, 1.82) is 0 Å². The summed E-state index contributed by atoms with van der Waals surface area (Å²) in [7, 11) is 0. The van der Waals surface area contributed by atoms with Crippen LogP contribution in [0.15, 0.2) is 78.9 Å². The van der Waals surface area contributed by atoms with E-state index in [9.17, 15) is 9.59 Å². The summed E-state index contributed by atoms with van der Waals surface area (Å²) in [6.07, 6.45) is 0.945. The topological polar surface area (TPSA) is 49.9 Å². The molecule has 2 amide bonds. The zero-order valence-electron chi connectivity index (χ0n) is 18.2. The predicted octanol–water partition coefficient (Wildman–Crippen LogP) is 5.63. The fourth-order valence-corrected chi connectivity index (χ4v) is 4.98. The first-order valence-electron chi connectivity index (χ1n) is 11.2. The summed E-state index contributed by atoms with van der Waals surface area (Å²) >= 11 is 6.21. The molecule has 0 aliphatic carbocycles. The van der Waals surface area contributed by atoms with Gasteiger partial charge >= 0.3 is 6.09 Å². The number of hydrogen-bond acceptors (Lipinski definition) is 3. The summed E-state index contributed by atoms with van der Waals surface area (Å²) in [5.74, 6) is -0.0755. The fourth-order valence-electron chi connectivity index (χ4n) is 4.76. The first-order valence-corrected chi connectivity index (χ1v) is 11.6. The molecule has 3 aromatic rings. The number of benzene rings is 3. The second-order valence-electron chi connectivity index (χ2n) is 8.70. The number of halogens is 1. The number of ether oxygens (including phenoxy) is 1. The second-order valence-corrected chi connectivity index (χ2v) is 9.11. The van der Waals surface area contributed by atoms with Gasteiger partial charge in [-0.15, -0.1) is 0 Å². The molecule has 0 N–H and O–H groups in total. The standard InChI is InChI=1S/C27H25ClN2O3/c28-24-13-7-6-12-23(24)25(31)29-16-14-27(15-17-29)19-30(26(32)33-27)18-21-10-4-5-11-22(21)20-8-2-1-3-9-20/h1-13H,14-19H2. The second kappa shape index (κ2) is 8.91. The normalized spacial score (nSPS) is 17.3. The number of nitrogens with zero attached hydrogens (tertiary/aromatic N) is 2. The Balaban J connectivity index is 1.27. The van der Waals surface area contributed by atoms with E-state index in [0.29, 0.717) is 49.6 Å². The van der Waals surface area contributed by atoms with E-state index in [0.717, 1.165) is 16.7 Å². The highest BCUT2D eigenvalue weighted by molar-refractivity contribution is 6.33. The van der Waals surface area contributed by atoms with Gasteiger partial charge in [0, 0.05) is 32.5 Å². The molecule has 2 fully saturated rings. The molecule has 5 nitrogen and oxygen atoms in total. The summed E-state index contributed by atoms with van der Waals surface area (Å²) < 4.78 is 5.90. The van der Waals surface area contributed by atoms with E-state index in [2.05, 4.69) is 24.3 Å². The summed E-state index contributed by atoms with van der Waals surface area (Å²) in [5.41, 5.74) is 3.30. The first kappa shape index (κ1) is 21.5. The fraction of sp³-hybridized carbons (Fsp3) is 0.259. The highest BCUT2D eigenvalue weighted by atomic mass is 35.5. The van der Waals surface area contributed by atoms with Crippen LogP contribution in [0.25, 0.3) is 11.1 Å². The molecule has 0 bridgehead atoms. The van der Waals surface area contributed by atoms with Crippen LogP contribution in [-0.2, 0) is 11.3 Å². The number of carbonyl (C=O) groups is 2. The van der Waals surface area contributed by atoms with Gasteiger partial charge in [0.1, 0.15) is 5.60 Å². The van der Waals surface area contributed by atoms with E-state index >= 15 is 0 Å². The molecule has 5 rings (SSSR count). The number of rotatable bonds is 4. The average molecular weight is 461 g/mol. The van der Waals surface area contributed by atoms with Crippen molar-refractivity contribution >= 4 is 23.6 Å². The van der Waals surface area contributed by atoms with E-state index < -0.39 is 5.60 Å². The molecule has 168 valence electrons. The Morgan fingerprint density at radius 2 is 1.58 bits per heavy atom. The molecule has 2 heterocycles. The van der Waals surface area contributed by atoms with Gasteiger partial charge in [-0.25, -0.2) is 4.79 Å². The molecule has 0 radical (unpaired) electrons. The average Bonchev–Trinajstić information content (AvgIpc) is 3.14. The molecule has 0 atom stereocenters. The van der Waals surface area contributed by atoms with Crippen molar-refractivity contribution in [2.24, 2.45) is 0 Å². The summed E-state index contributed by atoms with van der Waals surface area (Å²) in [6, 6.07) is 25.4. The third-order valence-corrected chi connectivity index (χ3v) is 6.90. The van der Waals surface area contributed by atoms with Gasteiger partial charge in [-0.05, 0) is 28.8 Å². The maximum absolute atomic E-state index is 12.9. The lowest BCUT2D eigenvalue weighted by Gasteiger charge is -2.37. The van der Waals surface area contributed by atoms with Crippen molar-refractivity contribution in [2.45, 2.75) is 25.0 Å². The quantitative estimate of drug-likeness (QED) is 0.506. The van der Waals surface area contributed by atoms with Gasteiger partial charge in [0.2, 0.25) is 0 Å². The third kappa shape index (κ3) is 4.33. The number of amides is 2. The molecular formula is C27H25ClN2O3. The van der Waals surface area contributed by atoms with E-state index in [1.54, 1.807) is 21.9 Å². The van der Waals surface area contributed by atoms with Gasteiger partial charge < -0.3 is 9.64 Å². The Morgan fingerprint density at radius 3 is 2.33 bits per heavy atom. The monoisotopic (exact) mass is 460 g/mol. The molecule has 2 aliphatic rings. The minimum atomic E-state index is -0.546. The highest BCUT2D eigenvalue weighted by Crippen LogP contribution is 2.35. The Labute approximate surface area is 198 Å². The van der Waals surface area contributed by atoms with Crippen LogP contribution in [0.2, 0.25) is 5.02 Å². The summed E-state index contributed by atoms with van der Waals surface area (Å²) in [5, 5.41) is 0.457. The maximum atomic E-state index is 12.9.